The Hall–Kier alpha value is -3.60. The molecule has 0 spiro atoms. The van der Waals surface area contributed by atoms with E-state index >= 15 is 0 Å². The molecule has 4 nitrogen and oxygen atoms in total. The molecule has 0 heterocycles. The molecule has 0 aliphatic heterocycles. The van der Waals surface area contributed by atoms with E-state index in [1.807, 2.05) is 60.7 Å². The average molecular weight is 489 g/mol. The lowest BCUT2D eigenvalue weighted by atomic mass is 9.90. The van der Waals surface area contributed by atoms with Crippen LogP contribution in [0.25, 0.3) is 0 Å². The first-order chi connectivity index (χ1) is 16.5. The highest BCUT2D eigenvalue weighted by Gasteiger charge is 2.26. The van der Waals surface area contributed by atoms with Crippen molar-refractivity contribution in [1.29, 1.82) is 0 Å². The fraction of sp³-hybridized carbons (Fsp3) is 0.0714. The van der Waals surface area contributed by atoms with E-state index in [-0.39, 0.29) is 11.8 Å². The number of carbonyl (C=O) groups is 2. The monoisotopic (exact) mass is 488 g/mol. The summed E-state index contributed by atoms with van der Waals surface area (Å²) < 4.78 is 0. The minimum atomic E-state index is -0.665. The molecule has 0 aliphatic carbocycles. The molecule has 0 aliphatic rings. The van der Waals surface area contributed by atoms with Crippen LogP contribution >= 0.6 is 23.2 Å². The maximum absolute atomic E-state index is 13.3. The Morgan fingerprint density at radius 2 is 0.765 bits per heavy atom. The van der Waals surface area contributed by atoms with Crippen molar-refractivity contribution >= 4 is 35.0 Å². The Bertz CT molecular complexity index is 1160. The van der Waals surface area contributed by atoms with Gasteiger partial charge in [-0.2, -0.15) is 0 Å². The van der Waals surface area contributed by atoms with Gasteiger partial charge < -0.3 is 0 Å². The summed E-state index contributed by atoms with van der Waals surface area (Å²) in [5, 5.41) is 1.14. The molecule has 4 aromatic carbocycles. The van der Waals surface area contributed by atoms with Gasteiger partial charge in [-0.3, -0.25) is 20.4 Å². The minimum Gasteiger partial charge on any atom is -0.272 e. The van der Waals surface area contributed by atoms with Crippen LogP contribution in [0.4, 0.5) is 0 Å². The van der Waals surface area contributed by atoms with Crippen LogP contribution in [0.1, 0.15) is 34.1 Å². The van der Waals surface area contributed by atoms with Crippen LogP contribution in [0.2, 0.25) is 10.0 Å². The van der Waals surface area contributed by atoms with E-state index in [9.17, 15) is 9.59 Å². The summed E-state index contributed by atoms with van der Waals surface area (Å²) in [4.78, 5) is 26.6. The van der Waals surface area contributed by atoms with Crippen LogP contribution in [0.5, 0.6) is 0 Å². The van der Waals surface area contributed by atoms with Crippen molar-refractivity contribution in [1.82, 2.24) is 10.9 Å². The number of nitrogens with one attached hydrogen (secondary N) is 2. The van der Waals surface area contributed by atoms with Crippen molar-refractivity contribution in [2.45, 2.75) is 11.8 Å². The van der Waals surface area contributed by atoms with Gasteiger partial charge in [0.05, 0.1) is 11.8 Å². The molecule has 0 fully saturated rings. The highest BCUT2D eigenvalue weighted by atomic mass is 35.5. The first-order valence-corrected chi connectivity index (χ1v) is 11.5. The molecular formula is C28H22Cl2N2O2. The topological polar surface area (TPSA) is 58.2 Å². The van der Waals surface area contributed by atoms with Gasteiger partial charge in [-0.1, -0.05) is 108 Å². The Morgan fingerprint density at radius 3 is 1.09 bits per heavy atom. The maximum Gasteiger partial charge on any atom is 0.250 e. The van der Waals surface area contributed by atoms with Crippen molar-refractivity contribution in [2.24, 2.45) is 0 Å². The van der Waals surface area contributed by atoms with E-state index in [2.05, 4.69) is 10.9 Å². The zero-order chi connectivity index (χ0) is 23.9. The standard InChI is InChI=1S/C28H22Cl2N2O2/c29-23-15-11-21(12-16-23)26(22-13-17-24(30)18-14-22)28(34)32-31-27(33)25(19-7-3-1-4-8-19)20-9-5-2-6-10-20/h1-18,25-26H,(H,31,33)(H,32,34). The van der Waals surface area contributed by atoms with Gasteiger partial charge in [0.25, 0.3) is 0 Å². The van der Waals surface area contributed by atoms with Gasteiger partial charge in [0.1, 0.15) is 0 Å². The predicted octanol–water partition coefficient (Wildman–Crippen LogP) is 6.10. The lowest BCUT2D eigenvalue weighted by Gasteiger charge is -2.21. The fourth-order valence-corrected chi connectivity index (χ4v) is 4.11. The summed E-state index contributed by atoms with van der Waals surface area (Å²) in [6.07, 6.45) is 0. The van der Waals surface area contributed by atoms with E-state index in [0.717, 1.165) is 22.3 Å². The second-order valence-corrected chi connectivity index (χ2v) is 8.64. The van der Waals surface area contributed by atoms with Gasteiger partial charge >= 0.3 is 0 Å². The van der Waals surface area contributed by atoms with E-state index < -0.39 is 11.8 Å². The molecule has 2 amide bonds. The zero-order valence-electron chi connectivity index (χ0n) is 18.1. The number of hydrogen-bond donors (Lipinski definition) is 2. The van der Waals surface area contributed by atoms with E-state index in [1.54, 1.807) is 48.5 Å². The van der Waals surface area contributed by atoms with Crippen LogP contribution in [-0.4, -0.2) is 11.8 Å². The Kier molecular flexibility index (Phi) is 7.63. The third-order valence-corrected chi connectivity index (χ3v) is 6.01. The van der Waals surface area contributed by atoms with Gasteiger partial charge in [-0.05, 0) is 46.5 Å². The van der Waals surface area contributed by atoms with Gasteiger partial charge in [0, 0.05) is 10.0 Å². The SMILES string of the molecule is O=C(NNC(=O)C(c1ccc(Cl)cc1)c1ccc(Cl)cc1)C(c1ccccc1)c1ccccc1. The lowest BCUT2D eigenvalue weighted by Crippen LogP contribution is -2.46. The molecule has 0 saturated carbocycles. The van der Waals surface area contributed by atoms with Crippen LogP contribution < -0.4 is 10.9 Å². The predicted molar refractivity (Wildman–Crippen MR) is 136 cm³/mol. The highest BCUT2D eigenvalue weighted by Crippen LogP contribution is 2.28. The number of halogens is 2. The molecular weight excluding hydrogens is 467 g/mol. The molecule has 6 heteroatoms. The third-order valence-electron chi connectivity index (χ3n) is 5.51. The summed E-state index contributed by atoms with van der Waals surface area (Å²) in [6, 6.07) is 33.0. The summed E-state index contributed by atoms with van der Waals surface area (Å²) >= 11 is 12.1. The lowest BCUT2D eigenvalue weighted by molar-refractivity contribution is -0.129. The molecule has 2 N–H and O–H groups in total. The Labute approximate surface area is 208 Å². The molecule has 4 rings (SSSR count). The molecule has 0 radical (unpaired) electrons. The molecule has 0 atom stereocenters. The molecule has 0 aromatic heterocycles. The van der Waals surface area contributed by atoms with Gasteiger partial charge in [0.15, 0.2) is 0 Å². The molecule has 170 valence electrons. The molecule has 34 heavy (non-hydrogen) atoms. The largest absolute Gasteiger partial charge is 0.272 e. The van der Waals surface area contributed by atoms with Crippen molar-refractivity contribution in [3.05, 3.63) is 141 Å². The highest BCUT2D eigenvalue weighted by molar-refractivity contribution is 6.30. The molecule has 0 saturated heterocycles. The average Bonchev–Trinajstić information content (AvgIpc) is 2.87. The zero-order valence-corrected chi connectivity index (χ0v) is 19.6. The summed E-state index contributed by atoms with van der Waals surface area (Å²) in [5.41, 5.74) is 8.38. The summed E-state index contributed by atoms with van der Waals surface area (Å²) in [6.45, 7) is 0. The number of hydrogen-bond acceptors (Lipinski definition) is 2. The van der Waals surface area contributed by atoms with Crippen molar-refractivity contribution < 1.29 is 9.59 Å². The number of carbonyl (C=O) groups excluding carboxylic acids is 2. The normalized spacial score (nSPS) is 10.8. The van der Waals surface area contributed by atoms with Crippen molar-refractivity contribution in [3.63, 3.8) is 0 Å². The van der Waals surface area contributed by atoms with Crippen LogP contribution in [0, 0.1) is 0 Å². The fourth-order valence-electron chi connectivity index (χ4n) is 3.86. The van der Waals surface area contributed by atoms with Crippen LogP contribution in [0.3, 0.4) is 0 Å². The van der Waals surface area contributed by atoms with E-state index in [4.69, 9.17) is 23.2 Å². The molecule has 0 unspecified atom stereocenters. The summed E-state index contributed by atoms with van der Waals surface area (Å²) in [7, 11) is 0. The molecule has 0 bridgehead atoms. The number of benzene rings is 4. The molecule has 4 aromatic rings. The van der Waals surface area contributed by atoms with E-state index in [0.29, 0.717) is 10.0 Å². The van der Waals surface area contributed by atoms with Gasteiger partial charge in [-0.25, -0.2) is 0 Å². The third kappa shape index (κ3) is 5.66. The number of rotatable bonds is 6. The van der Waals surface area contributed by atoms with Crippen molar-refractivity contribution in [2.75, 3.05) is 0 Å². The smallest absolute Gasteiger partial charge is 0.250 e. The Balaban J connectivity index is 1.58. The van der Waals surface area contributed by atoms with Crippen molar-refractivity contribution in [3.8, 4) is 0 Å². The van der Waals surface area contributed by atoms with E-state index in [1.165, 1.54) is 0 Å². The number of hydrazine groups is 1. The summed E-state index contributed by atoms with van der Waals surface area (Å²) in [5.74, 6) is -1.96. The van der Waals surface area contributed by atoms with Gasteiger partial charge in [0.2, 0.25) is 11.8 Å². The first kappa shape index (κ1) is 23.6. The number of amides is 2. The Morgan fingerprint density at radius 1 is 0.471 bits per heavy atom. The van der Waals surface area contributed by atoms with Gasteiger partial charge in [-0.15, -0.1) is 0 Å². The second kappa shape index (κ2) is 11.0. The van der Waals surface area contributed by atoms with Crippen LogP contribution in [0.15, 0.2) is 109 Å². The minimum absolute atomic E-state index is 0.336. The first-order valence-electron chi connectivity index (χ1n) is 10.7. The maximum atomic E-state index is 13.3. The van der Waals surface area contributed by atoms with Crippen LogP contribution in [-0.2, 0) is 9.59 Å². The second-order valence-electron chi connectivity index (χ2n) is 7.77. The quantitative estimate of drug-likeness (QED) is 0.322.